The molecule has 0 radical (unpaired) electrons. The summed E-state index contributed by atoms with van der Waals surface area (Å²) >= 11 is 12.2. The van der Waals surface area contributed by atoms with Crippen LogP contribution in [0.2, 0.25) is 10.0 Å². The summed E-state index contributed by atoms with van der Waals surface area (Å²) in [6.07, 6.45) is 0.916. The van der Waals surface area contributed by atoms with Crippen LogP contribution in [0, 0.1) is 5.82 Å². The Morgan fingerprint density at radius 1 is 1.10 bits per heavy atom. The second-order valence-electron chi connectivity index (χ2n) is 5.02. The maximum absolute atomic E-state index is 13.6. The lowest BCUT2D eigenvalue weighted by Crippen LogP contribution is -2.24. The Morgan fingerprint density at radius 3 is 2.38 bits per heavy atom. The van der Waals surface area contributed by atoms with Gasteiger partial charge in [0, 0.05) is 22.7 Å². The average molecular weight is 326 g/mol. The van der Waals surface area contributed by atoms with Crippen LogP contribution in [-0.4, -0.2) is 0 Å². The van der Waals surface area contributed by atoms with Gasteiger partial charge in [-0.05, 0) is 31.0 Å². The Kier molecular flexibility index (Phi) is 5.63. The van der Waals surface area contributed by atoms with E-state index in [0.29, 0.717) is 10.6 Å². The molecule has 0 amide bonds. The van der Waals surface area contributed by atoms with Crippen molar-refractivity contribution in [3.8, 4) is 0 Å². The summed E-state index contributed by atoms with van der Waals surface area (Å²) in [6.45, 7) is 4.05. The van der Waals surface area contributed by atoms with Crippen molar-refractivity contribution in [2.45, 2.75) is 32.4 Å². The first-order valence-electron chi connectivity index (χ1n) is 6.99. The quantitative estimate of drug-likeness (QED) is 0.671. The lowest BCUT2D eigenvalue weighted by atomic mass is 10.0. The Labute approximate surface area is 135 Å². The SMILES string of the molecule is CCC(NC(C)c1c(Cl)ccc(F)c1Cl)c1ccccc1. The third-order valence-electron chi connectivity index (χ3n) is 3.57. The Hall–Kier alpha value is -1.09. The van der Waals surface area contributed by atoms with E-state index in [1.165, 1.54) is 11.6 Å². The molecule has 0 aromatic heterocycles. The first kappa shape index (κ1) is 16.3. The minimum Gasteiger partial charge on any atom is -0.303 e. The lowest BCUT2D eigenvalue weighted by Gasteiger charge is -2.24. The zero-order valence-electron chi connectivity index (χ0n) is 12.0. The van der Waals surface area contributed by atoms with Crippen LogP contribution in [0.15, 0.2) is 42.5 Å². The van der Waals surface area contributed by atoms with Crippen molar-refractivity contribution in [1.29, 1.82) is 0 Å². The highest BCUT2D eigenvalue weighted by molar-refractivity contribution is 6.36. The van der Waals surface area contributed by atoms with E-state index in [2.05, 4.69) is 24.4 Å². The maximum atomic E-state index is 13.6. The van der Waals surface area contributed by atoms with Crippen LogP contribution in [0.3, 0.4) is 0 Å². The van der Waals surface area contributed by atoms with E-state index in [4.69, 9.17) is 23.2 Å². The van der Waals surface area contributed by atoms with Gasteiger partial charge in [0.2, 0.25) is 0 Å². The number of benzene rings is 2. The van der Waals surface area contributed by atoms with E-state index in [0.717, 1.165) is 6.42 Å². The van der Waals surface area contributed by atoms with Gasteiger partial charge >= 0.3 is 0 Å². The second-order valence-corrected chi connectivity index (χ2v) is 5.80. The highest BCUT2D eigenvalue weighted by atomic mass is 35.5. The number of rotatable bonds is 5. The summed E-state index contributed by atoms with van der Waals surface area (Å²) in [7, 11) is 0. The van der Waals surface area contributed by atoms with Gasteiger partial charge < -0.3 is 5.32 Å². The molecule has 0 aliphatic heterocycles. The van der Waals surface area contributed by atoms with Crippen molar-refractivity contribution in [2.75, 3.05) is 0 Å². The first-order chi connectivity index (χ1) is 10.0. The molecule has 0 aliphatic carbocycles. The second kappa shape index (κ2) is 7.26. The van der Waals surface area contributed by atoms with E-state index < -0.39 is 5.82 Å². The highest BCUT2D eigenvalue weighted by Crippen LogP contribution is 2.33. The number of halogens is 3. The van der Waals surface area contributed by atoms with Crippen molar-refractivity contribution in [1.82, 2.24) is 5.32 Å². The Morgan fingerprint density at radius 2 is 1.76 bits per heavy atom. The molecule has 2 aromatic rings. The largest absolute Gasteiger partial charge is 0.303 e. The molecule has 0 spiro atoms. The van der Waals surface area contributed by atoms with Crippen molar-refractivity contribution >= 4 is 23.2 Å². The first-order valence-corrected chi connectivity index (χ1v) is 7.74. The molecule has 2 unspecified atom stereocenters. The molecular formula is C17H18Cl2FN. The summed E-state index contributed by atoms with van der Waals surface area (Å²) in [6, 6.07) is 13.0. The van der Waals surface area contributed by atoms with Crippen molar-refractivity contribution in [3.05, 3.63) is 69.5 Å². The van der Waals surface area contributed by atoms with Crippen LogP contribution >= 0.6 is 23.2 Å². The molecule has 1 N–H and O–H groups in total. The molecule has 0 aliphatic rings. The van der Waals surface area contributed by atoms with Gasteiger partial charge in [0.15, 0.2) is 0 Å². The summed E-state index contributed by atoms with van der Waals surface area (Å²) in [5, 5.41) is 4.04. The van der Waals surface area contributed by atoms with Gasteiger partial charge in [0.25, 0.3) is 0 Å². The number of hydrogen-bond acceptors (Lipinski definition) is 1. The summed E-state index contributed by atoms with van der Waals surface area (Å²) < 4.78 is 13.6. The van der Waals surface area contributed by atoms with Gasteiger partial charge in [-0.3, -0.25) is 0 Å². The van der Waals surface area contributed by atoms with Gasteiger partial charge in [-0.2, -0.15) is 0 Å². The third-order valence-corrected chi connectivity index (χ3v) is 4.29. The number of nitrogens with one attached hydrogen (secondary N) is 1. The van der Waals surface area contributed by atoms with Crippen LogP contribution < -0.4 is 5.32 Å². The third kappa shape index (κ3) is 3.76. The van der Waals surface area contributed by atoms with Gasteiger partial charge in [-0.15, -0.1) is 0 Å². The van der Waals surface area contributed by atoms with Gasteiger partial charge in [-0.1, -0.05) is 60.5 Å². The summed E-state index contributed by atoms with van der Waals surface area (Å²) in [4.78, 5) is 0. The predicted molar refractivity (Wildman–Crippen MR) is 87.4 cm³/mol. The molecule has 0 heterocycles. The molecule has 0 bridgehead atoms. The normalized spacial score (nSPS) is 14.0. The Balaban J connectivity index is 2.25. The molecule has 4 heteroatoms. The fraction of sp³-hybridized carbons (Fsp3) is 0.294. The van der Waals surface area contributed by atoms with E-state index in [1.807, 2.05) is 25.1 Å². The van der Waals surface area contributed by atoms with Crippen molar-refractivity contribution < 1.29 is 4.39 Å². The topological polar surface area (TPSA) is 12.0 Å². The van der Waals surface area contributed by atoms with Crippen molar-refractivity contribution in [3.63, 3.8) is 0 Å². The molecule has 112 valence electrons. The minimum absolute atomic E-state index is 0.0883. The highest BCUT2D eigenvalue weighted by Gasteiger charge is 2.20. The molecule has 2 rings (SSSR count). The lowest BCUT2D eigenvalue weighted by molar-refractivity contribution is 0.455. The van der Waals surface area contributed by atoms with Gasteiger partial charge in [0.05, 0.1) is 5.02 Å². The monoisotopic (exact) mass is 325 g/mol. The van der Waals surface area contributed by atoms with Crippen molar-refractivity contribution in [2.24, 2.45) is 0 Å². The van der Waals surface area contributed by atoms with E-state index in [1.54, 1.807) is 6.07 Å². The van der Waals surface area contributed by atoms with E-state index >= 15 is 0 Å². The van der Waals surface area contributed by atoms with E-state index in [-0.39, 0.29) is 17.1 Å². The summed E-state index contributed by atoms with van der Waals surface area (Å²) in [5.74, 6) is -0.447. The average Bonchev–Trinajstić information content (AvgIpc) is 2.50. The molecule has 2 aromatic carbocycles. The molecule has 1 nitrogen and oxygen atoms in total. The predicted octanol–water partition coefficient (Wildman–Crippen LogP) is 5.93. The van der Waals surface area contributed by atoms with Crippen LogP contribution in [0.1, 0.15) is 43.5 Å². The van der Waals surface area contributed by atoms with E-state index in [9.17, 15) is 4.39 Å². The van der Waals surface area contributed by atoms with Gasteiger partial charge in [-0.25, -0.2) is 4.39 Å². The maximum Gasteiger partial charge on any atom is 0.142 e. The zero-order chi connectivity index (χ0) is 15.4. The standard InChI is InChI=1S/C17H18Cl2FN/c1-3-15(12-7-5-4-6-8-12)21-11(2)16-13(18)9-10-14(20)17(16)19/h4-11,15,21H,3H2,1-2H3. The fourth-order valence-corrected chi connectivity index (χ4v) is 3.16. The molecule has 2 atom stereocenters. The van der Waals surface area contributed by atoms with Crippen LogP contribution in [-0.2, 0) is 0 Å². The molecule has 0 saturated carbocycles. The van der Waals surface area contributed by atoms with Crippen LogP contribution in [0.4, 0.5) is 4.39 Å². The molecule has 21 heavy (non-hydrogen) atoms. The number of hydrogen-bond donors (Lipinski definition) is 1. The summed E-state index contributed by atoms with van der Waals surface area (Å²) in [5.41, 5.74) is 1.79. The molecule has 0 saturated heterocycles. The molecule has 0 fully saturated rings. The van der Waals surface area contributed by atoms with Crippen LogP contribution in [0.5, 0.6) is 0 Å². The fourth-order valence-electron chi connectivity index (χ4n) is 2.46. The molecular weight excluding hydrogens is 308 g/mol. The smallest absolute Gasteiger partial charge is 0.142 e. The minimum atomic E-state index is -0.447. The van der Waals surface area contributed by atoms with Gasteiger partial charge in [0.1, 0.15) is 5.82 Å². The Bertz CT molecular complexity index is 601. The zero-order valence-corrected chi connectivity index (χ0v) is 13.5. The van der Waals surface area contributed by atoms with Crippen LogP contribution in [0.25, 0.3) is 0 Å².